The Bertz CT molecular complexity index is 1620. The summed E-state index contributed by atoms with van der Waals surface area (Å²) in [6, 6.07) is 4.75. The van der Waals surface area contributed by atoms with E-state index in [2.05, 4.69) is 0 Å². The van der Waals surface area contributed by atoms with E-state index < -0.39 is 132 Å². The van der Waals surface area contributed by atoms with Crippen LogP contribution in [-0.4, -0.2) is 87.5 Å². The Balaban J connectivity index is 1.84. The molecule has 8 nitrogen and oxygen atoms in total. The number of rotatable bonds is 7. The van der Waals surface area contributed by atoms with Crippen molar-refractivity contribution in [3.05, 3.63) is 65.5 Å². The van der Waals surface area contributed by atoms with E-state index in [-0.39, 0.29) is 12.1 Å². The van der Waals surface area contributed by atoms with Crippen molar-refractivity contribution in [2.75, 3.05) is 31.2 Å². The number of carbonyl (C=O) groups excluding carboxylic acids is 1. The molecule has 2 atom stereocenters. The van der Waals surface area contributed by atoms with Crippen LogP contribution in [0.5, 0.6) is 0 Å². The van der Waals surface area contributed by atoms with Crippen molar-refractivity contribution in [3.8, 4) is 0 Å². The molecule has 18 heteroatoms. The Kier molecular flexibility index (Phi) is 8.91. The third kappa shape index (κ3) is 5.71. The number of sulfone groups is 2. The molecule has 0 aromatic heterocycles. The molecule has 0 aliphatic carbocycles. The van der Waals surface area contributed by atoms with Gasteiger partial charge in [-0.2, -0.15) is 26.3 Å². The fourth-order valence-electron chi connectivity index (χ4n) is 5.98. The number of hydrogen-bond donors (Lipinski definition) is 2. The number of halogens is 8. The molecule has 2 aliphatic rings. The van der Waals surface area contributed by atoms with Crippen LogP contribution >= 0.6 is 0 Å². The molecule has 0 saturated carbocycles. The minimum Gasteiger partial charge on any atom is -0.394 e. The van der Waals surface area contributed by atoms with Gasteiger partial charge in [0.2, 0.25) is 5.91 Å². The zero-order chi connectivity index (χ0) is 33.9. The maximum atomic E-state index is 14.7. The maximum absolute atomic E-state index is 14.7. The number of likely N-dealkylation sites (tertiary alicyclic amines) is 1. The van der Waals surface area contributed by atoms with Crippen LogP contribution in [0.1, 0.15) is 30.4 Å². The van der Waals surface area contributed by atoms with Gasteiger partial charge in [-0.05, 0) is 49.1 Å². The highest BCUT2D eigenvalue weighted by Crippen LogP contribution is 2.54. The van der Waals surface area contributed by atoms with Gasteiger partial charge in [0.25, 0.3) is 0 Å². The first kappa shape index (κ1) is 35.0. The molecule has 0 spiro atoms. The van der Waals surface area contributed by atoms with Crippen molar-refractivity contribution in [1.29, 1.82) is 0 Å². The molecule has 45 heavy (non-hydrogen) atoms. The molecule has 4 rings (SSSR count). The molecule has 2 aromatic rings. The molecule has 250 valence electrons. The zero-order valence-electron chi connectivity index (χ0n) is 23.1. The second kappa shape index (κ2) is 11.5. The molecular formula is C27H27F8NO7S2. The molecule has 1 unspecified atom stereocenters. The fraction of sp³-hybridized carbons (Fsp3) is 0.519. The van der Waals surface area contributed by atoms with Gasteiger partial charge in [-0.3, -0.25) is 4.79 Å². The van der Waals surface area contributed by atoms with Gasteiger partial charge in [-0.25, -0.2) is 25.6 Å². The normalized spacial score (nSPS) is 23.1. The summed E-state index contributed by atoms with van der Waals surface area (Å²) in [6.07, 6.45) is -16.0. The van der Waals surface area contributed by atoms with Gasteiger partial charge in [0.05, 0.1) is 34.5 Å². The van der Waals surface area contributed by atoms with Gasteiger partial charge in [0.15, 0.2) is 9.84 Å². The Morgan fingerprint density at radius 1 is 0.889 bits per heavy atom. The van der Waals surface area contributed by atoms with E-state index >= 15 is 0 Å². The van der Waals surface area contributed by atoms with E-state index in [0.717, 1.165) is 29.2 Å². The number of hydrogen-bond acceptors (Lipinski definition) is 7. The van der Waals surface area contributed by atoms with E-state index in [1.54, 1.807) is 0 Å². The Morgan fingerprint density at radius 2 is 1.40 bits per heavy atom. The highest BCUT2D eigenvalue weighted by molar-refractivity contribution is 7.92. The van der Waals surface area contributed by atoms with Crippen LogP contribution in [-0.2, 0) is 34.9 Å². The summed E-state index contributed by atoms with van der Waals surface area (Å²) in [5, 5.41) is 20.3. The number of nitrogens with zero attached hydrogens (tertiary/aromatic N) is 1. The smallest absolute Gasteiger partial charge is 0.394 e. The molecule has 2 saturated heterocycles. The van der Waals surface area contributed by atoms with Gasteiger partial charge in [-0.1, -0.05) is 24.3 Å². The maximum Gasteiger partial charge on any atom is 0.435 e. The second-order valence-electron chi connectivity index (χ2n) is 11.2. The van der Waals surface area contributed by atoms with Gasteiger partial charge in [0, 0.05) is 18.7 Å². The number of alkyl halides is 7. The SMILES string of the molecule is O=C(N1CC[C@](c2ccc(C(F)(C(F)(F)F)C(F)(F)F)cc2)(S(=O)(=O)c2ccc(F)cc2)C1)C1(C(O)CO)CCS(=O)(=O)CC1. The Hall–Kier alpha value is -2.83. The van der Waals surface area contributed by atoms with Gasteiger partial charge >= 0.3 is 18.0 Å². The van der Waals surface area contributed by atoms with Crippen molar-refractivity contribution in [3.63, 3.8) is 0 Å². The lowest BCUT2D eigenvalue weighted by Gasteiger charge is -2.41. The van der Waals surface area contributed by atoms with Crippen LogP contribution in [0.3, 0.4) is 0 Å². The molecule has 1 amide bonds. The van der Waals surface area contributed by atoms with Crippen LogP contribution in [0.15, 0.2) is 53.4 Å². The minimum absolute atomic E-state index is 0.145. The second-order valence-corrected chi connectivity index (χ2v) is 15.7. The first-order valence-corrected chi connectivity index (χ1v) is 16.6. The highest BCUT2D eigenvalue weighted by atomic mass is 32.2. The average Bonchev–Trinajstić information content (AvgIpc) is 3.43. The van der Waals surface area contributed by atoms with E-state index in [9.17, 15) is 67.0 Å². The van der Waals surface area contributed by atoms with E-state index in [1.807, 2.05) is 0 Å². The number of benzene rings is 2. The number of aliphatic hydroxyl groups excluding tert-OH is 2. The highest BCUT2D eigenvalue weighted by Gasteiger charge is 2.73. The topological polar surface area (TPSA) is 129 Å². The zero-order valence-corrected chi connectivity index (χ0v) is 24.7. The van der Waals surface area contributed by atoms with Crippen LogP contribution in [0.4, 0.5) is 35.1 Å². The predicted molar refractivity (Wildman–Crippen MR) is 141 cm³/mol. The van der Waals surface area contributed by atoms with E-state index in [1.165, 1.54) is 0 Å². The molecule has 0 bridgehead atoms. The lowest BCUT2D eigenvalue weighted by atomic mass is 9.75. The van der Waals surface area contributed by atoms with Crippen LogP contribution in [0.25, 0.3) is 0 Å². The molecule has 2 fully saturated rings. The lowest BCUT2D eigenvalue weighted by Crippen LogP contribution is -2.55. The summed E-state index contributed by atoms with van der Waals surface area (Å²) in [5.74, 6) is -2.83. The van der Waals surface area contributed by atoms with Crippen molar-refractivity contribution in [1.82, 2.24) is 4.90 Å². The molecule has 2 heterocycles. The minimum atomic E-state index is -6.43. The van der Waals surface area contributed by atoms with Gasteiger partial charge in [-0.15, -0.1) is 0 Å². The standard InChI is InChI=1S/C27H27F8NO7S2/c28-19-5-7-20(8-6-19)45(42,43)24(17-1-3-18(4-2-17)25(29,26(30,31)32)27(33,34)35)9-12-36(16-24)22(39)23(21(38)15-37)10-13-44(40,41)14-11-23/h1-8,21,37-38H,9-16H2/t21?,24-/m0/s1. The summed E-state index contributed by atoms with van der Waals surface area (Å²) in [6.45, 7) is -2.13. The third-order valence-electron chi connectivity index (χ3n) is 8.70. The largest absolute Gasteiger partial charge is 0.435 e. The first-order valence-electron chi connectivity index (χ1n) is 13.3. The third-order valence-corrected chi connectivity index (χ3v) is 12.8. The van der Waals surface area contributed by atoms with Gasteiger partial charge < -0.3 is 15.1 Å². The summed E-state index contributed by atoms with van der Waals surface area (Å²) < 4.78 is 159. The average molecular weight is 694 g/mol. The predicted octanol–water partition coefficient (Wildman–Crippen LogP) is 3.56. The summed E-state index contributed by atoms with van der Waals surface area (Å²) in [4.78, 5) is 14.3. The first-order chi connectivity index (χ1) is 20.6. The number of aliphatic hydroxyl groups is 2. The molecule has 2 aromatic carbocycles. The molecule has 2 aliphatic heterocycles. The molecule has 0 radical (unpaired) electrons. The van der Waals surface area contributed by atoms with Crippen LogP contribution in [0, 0.1) is 11.2 Å². The van der Waals surface area contributed by atoms with Crippen molar-refractivity contribution in [2.45, 2.75) is 53.0 Å². The van der Waals surface area contributed by atoms with Crippen molar-refractivity contribution < 1.29 is 67.0 Å². The Labute approximate surface area is 252 Å². The van der Waals surface area contributed by atoms with Crippen LogP contribution in [0.2, 0.25) is 0 Å². The van der Waals surface area contributed by atoms with Crippen molar-refractivity contribution in [2.24, 2.45) is 5.41 Å². The van der Waals surface area contributed by atoms with E-state index in [4.69, 9.17) is 0 Å². The molecule has 2 N–H and O–H groups in total. The number of carbonyl (C=O) groups is 1. The fourth-order valence-corrected chi connectivity index (χ4v) is 9.61. The Morgan fingerprint density at radius 3 is 1.87 bits per heavy atom. The van der Waals surface area contributed by atoms with Crippen molar-refractivity contribution >= 4 is 25.6 Å². The molecular weight excluding hydrogens is 666 g/mol. The number of amides is 1. The summed E-state index contributed by atoms with van der Waals surface area (Å²) >= 11 is 0. The summed E-state index contributed by atoms with van der Waals surface area (Å²) in [7, 11) is -8.34. The monoisotopic (exact) mass is 693 g/mol. The van der Waals surface area contributed by atoms with E-state index in [0.29, 0.717) is 12.1 Å². The van der Waals surface area contributed by atoms with Crippen LogP contribution < -0.4 is 0 Å². The lowest BCUT2D eigenvalue weighted by molar-refractivity contribution is -0.348. The quantitative estimate of drug-likeness (QED) is 0.335. The van der Waals surface area contributed by atoms with Gasteiger partial charge in [0.1, 0.15) is 20.4 Å². The summed E-state index contributed by atoms with van der Waals surface area (Å²) in [5.41, 5.74) is -9.94.